The second kappa shape index (κ2) is 11.3. The van der Waals surface area contributed by atoms with Crippen LogP contribution in [0.4, 0.5) is 0 Å². The van der Waals surface area contributed by atoms with Gasteiger partial charge in [-0.25, -0.2) is 4.98 Å². The lowest BCUT2D eigenvalue weighted by atomic mass is 10.1. The number of carbonyl (C=O) groups is 1. The number of ether oxygens (including phenoxy) is 3. The van der Waals surface area contributed by atoms with Gasteiger partial charge in [-0.05, 0) is 43.7 Å². The Morgan fingerprint density at radius 1 is 1.09 bits per heavy atom. The van der Waals surface area contributed by atoms with Crippen LogP contribution in [0.1, 0.15) is 28.8 Å². The van der Waals surface area contributed by atoms with E-state index in [-0.39, 0.29) is 5.91 Å². The van der Waals surface area contributed by atoms with E-state index in [2.05, 4.69) is 4.98 Å². The molecule has 168 valence electrons. The Hall–Kier alpha value is -3.32. The number of aromatic nitrogens is 1. The summed E-state index contributed by atoms with van der Waals surface area (Å²) >= 11 is 1.60. The van der Waals surface area contributed by atoms with Crippen molar-refractivity contribution in [2.45, 2.75) is 27.0 Å². The van der Waals surface area contributed by atoms with E-state index in [1.165, 1.54) is 0 Å². The molecule has 32 heavy (non-hydrogen) atoms. The molecule has 6 nitrogen and oxygen atoms in total. The van der Waals surface area contributed by atoms with Crippen LogP contribution in [0.25, 0.3) is 6.08 Å². The minimum absolute atomic E-state index is 0.0767. The Morgan fingerprint density at radius 3 is 2.56 bits per heavy atom. The van der Waals surface area contributed by atoms with Gasteiger partial charge in [0.2, 0.25) is 5.91 Å². The summed E-state index contributed by atoms with van der Waals surface area (Å²) in [5.74, 6) is 1.94. The topological polar surface area (TPSA) is 60.9 Å². The van der Waals surface area contributed by atoms with Crippen LogP contribution < -0.4 is 14.2 Å². The molecule has 0 saturated carbocycles. The van der Waals surface area contributed by atoms with E-state index in [0.29, 0.717) is 36.9 Å². The van der Waals surface area contributed by atoms with Crippen molar-refractivity contribution in [2.24, 2.45) is 0 Å². The number of amides is 1. The zero-order chi connectivity index (χ0) is 22.9. The zero-order valence-corrected chi connectivity index (χ0v) is 19.6. The highest BCUT2D eigenvalue weighted by Crippen LogP contribution is 2.28. The average molecular weight is 453 g/mol. The SMILES string of the molecule is CCN(Cc1ccc(OC)c(OC)c1)C(=O)/C=C/c1ccccc1OCc1csc(C)n1. The maximum absolute atomic E-state index is 12.9. The fourth-order valence-corrected chi connectivity index (χ4v) is 3.78. The molecule has 0 spiro atoms. The van der Waals surface area contributed by atoms with Crippen LogP contribution in [0.5, 0.6) is 17.2 Å². The van der Waals surface area contributed by atoms with Gasteiger partial charge in [0.15, 0.2) is 11.5 Å². The van der Waals surface area contributed by atoms with Crippen LogP contribution >= 0.6 is 11.3 Å². The zero-order valence-electron chi connectivity index (χ0n) is 18.8. The molecule has 0 bridgehead atoms. The first-order chi connectivity index (χ1) is 15.5. The first-order valence-corrected chi connectivity index (χ1v) is 11.2. The van der Waals surface area contributed by atoms with Gasteiger partial charge in [-0.2, -0.15) is 0 Å². The number of thiazole rings is 1. The highest BCUT2D eigenvalue weighted by molar-refractivity contribution is 7.09. The summed E-state index contributed by atoms with van der Waals surface area (Å²) in [5.41, 5.74) is 2.71. The van der Waals surface area contributed by atoms with Crippen LogP contribution in [-0.4, -0.2) is 36.6 Å². The van der Waals surface area contributed by atoms with Crippen molar-refractivity contribution in [1.29, 1.82) is 0 Å². The van der Waals surface area contributed by atoms with Crippen molar-refractivity contribution in [3.63, 3.8) is 0 Å². The molecule has 1 aromatic heterocycles. The lowest BCUT2D eigenvalue weighted by Gasteiger charge is -2.20. The van der Waals surface area contributed by atoms with Crippen molar-refractivity contribution in [3.05, 3.63) is 75.7 Å². The normalized spacial score (nSPS) is 10.9. The summed E-state index contributed by atoms with van der Waals surface area (Å²) in [5, 5.41) is 3.00. The number of para-hydroxylation sites is 1. The number of hydrogen-bond acceptors (Lipinski definition) is 6. The van der Waals surface area contributed by atoms with E-state index in [1.54, 1.807) is 42.6 Å². The van der Waals surface area contributed by atoms with E-state index in [9.17, 15) is 4.79 Å². The number of benzene rings is 2. The molecule has 0 atom stereocenters. The molecular weight excluding hydrogens is 424 g/mol. The molecule has 3 rings (SSSR count). The van der Waals surface area contributed by atoms with Crippen molar-refractivity contribution >= 4 is 23.3 Å². The third kappa shape index (κ3) is 6.11. The molecule has 2 aromatic carbocycles. The number of rotatable bonds is 10. The second-order valence-corrected chi connectivity index (χ2v) is 8.12. The number of aryl methyl sites for hydroxylation is 1. The Balaban J connectivity index is 1.68. The van der Waals surface area contributed by atoms with Crippen LogP contribution in [0.3, 0.4) is 0 Å². The first-order valence-electron chi connectivity index (χ1n) is 10.3. The molecule has 0 unspecified atom stereocenters. The molecule has 0 N–H and O–H groups in total. The number of methoxy groups -OCH3 is 2. The minimum atomic E-state index is -0.0767. The van der Waals surface area contributed by atoms with E-state index in [0.717, 1.165) is 21.8 Å². The predicted molar refractivity (Wildman–Crippen MR) is 127 cm³/mol. The monoisotopic (exact) mass is 452 g/mol. The predicted octanol–water partition coefficient (Wildman–Crippen LogP) is 5.11. The van der Waals surface area contributed by atoms with Gasteiger partial charge >= 0.3 is 0 Å². The lowest BCUT2D eigenvalue weighted by Crippen LogP contribution is -2.28. The van der Waals surface area contributed by atoms with Gasteiger partial charge in [0.1, 0.15) is 12.4 Å². The third-order valence-corrected chi connectivity index (χ3v) is 5.70. The second-order valence-electron chi connectivity index (χ2n) is 7.06. The smallest absolute Gasteiger partial charge is 0.246 e. The largest absolute Gasteiger partial charge is 0.493 e. The number of nitrogens with zero attached hydrogens (tertiary/aromatic N) is 2. The van der Waals surface area contributed by atoms with Gasteiger partial charge in [-0.15, -0.1) is 11.3 Å². The standard InChI is InChI=1S/C25H28N2O4S/c1-5-27(15-19-10-12-23(29-3)24(14-19)30-4)25(28)13-11-20-8-6-7-9-22(20)31-16-21-17-32-18(2)26-21/h6-14,17H,5,15-16H2,1-4H3/b13-11+. The van der Waals surface area contributed by atoms with Crippen LogP contribution in [-0.2, 0) is 17.9 Å². The molecule has 7 heteroatoms. The summed E-state index contributed by atoms with van der Waals surface area (Å²) in [6.45, 7) is 5.38. The Kier molecular flexibility index (Phi) is 8.27. The summed E-state index contributed by atoms with van der Waals surface area (Å²) in [4.78, 5) is 19.0. The maximum Gasteiger partial charge on any atom is 0.246 e. The lowest BCUT2D eigenvalue weighted by molar-refractivity contribution is -0.126. The maximum atomic E-state index is 12.9. The number of hydrogen-bond donors (Lipinski definition) is 0. The quantitative estimate of drug-likeness (QED) is 0.400. The van der Waals surface area contributed by atoms with Crippen LogP contribution in [0, 0.1) is 6.92 Å². The van der Waals surface area contributed by atoms with Crippen molar-refractivity contribution in [2.75, 3.05) is 20.8 Å². The molecule has 0 aliphatic rings. The summed E-state index contributed by atoms with van der Waals surface area (Å²) in [6.07, 6.45) is 3.38. The van der Waals surface area contributed by atoms with Gasteiger partial charge in [0.05, 0.1) is 24.9 Å². The van der Waals surface area contributed by atoms with Crippen molar-refractivity contribution in [3.8, 4) is 17.2 Å². The van der Waals surface area contributed by atoms with Gasteiger partial charge in [-0.3, -0.25) is 4.79 Å². The van der Waals surface area contributed by atoms with Crippen LogP contribution in [0.2, 0.25) is 0 Å². The molecule has 0 radical (unpaired) electrons. The minimum Gasteiger partial charge on any atom is -0.493 e. The van der Waals surface area contributed by atoms with Gasteiger partial charge in [0, 0.05) is 30.1 Å². The molecule has 1 heterocycles. The highest BCUT2D eigenvalue weighted by atomic mass is 32.1. The highest BCUT2D eigenvalue weighted by Gasteiger charge is 2.12. The molecule has 1 amide bonds. The van der Waals surface area contributed by atoms with Crippen molar-refractivity contribution < 1.29 is 19.0 Å². The molecule has 0 fully saturated rings. The molecule has 0 saturated heterocycles. The van der Waals surface area contributed by atoms with Gasteiger partial charge in [0.25, 0.3) is 0 Å². The Morgan fingerprint density at radius 2 is 1.88 bits per heavy atom. The fourth-order valence-electron chi connectivity index (χ4n) is 3.19. The van der Waals surface area contributed by atoms with E-state index in [4.69, 9.17) is 14.2 Å². The molecule has 3 aromatic rings. The van der Waals surface area contributed by atoms with Gasteiger partial charge in [-0.1, -0.05) is 24.3 Å². The summed E-state index contributed by atoms with van der Waals surface area (Å²) in [6, 6.07) is 13.3. The van der Waals surface area contributed by atoms with Gasteiger partial charge < -0.3 is 19.1 Å². The summed E-state index contributed by atoms with van der Waals surface area (Å²) in [7, 11) is 3.20. The average Bonchev–Trinajstić information content (AvgIpc) is 3.24. The Bertz CT molecular complexity index is 1080. The van der Waals surface area contributed by atoms with E-state index < -0.39 is 0 Å². The number of carbonyl (C=O) groups excluding carboxylic acids is 1. The van der Waals surface area contributed by atoms with Crippen LogP contribution in [0.15, 0.2) is 53.9 Å². The molecule has 0 aliphatic heterocycles. The van der Waals surface area contributed by atoms with Crippen molar-refractivity contribution in [1.82, 2.24) is 9.88 Å². The fraction of sp³-hybridized carbons (Fsp3) is 0.280. The summed E-state index contributed by atoms with van der Waals surface area (Å²) < 4.78 is 16.6. The molecular formula is C25H28N2O4S. The first kappa shape index (κ1) is 23.3. The van der Waals surface area contributed by atoms with E-state index >= 15 is 0 Å². The molecule has 0 aliphatic carbocycles. The Labute approximate surface area is 193 Å². The third-order valence-electron chi connectivity index (χ3n) is 4.88. The van der Waals surface area contributed by atoms with E-state index in [1.807, 2.05) is 61.7 Å². The number of likely N-dealkylation sites (N-methyl/N-ethyl adjacent to an activating group) is 1.